The molecule has 5 heteroatoms. The average molecular weight is 328 g/mol. The van der Waals surface area contributed by atoms with E-state index in [1.165, 1.54) is 25.9 Å². The van der Waals surface area contributed by atoms with Gasteiger partial charge in [-0.25, -0.2) is 0 Å². The van der Waals surface area contributed by atoms with Crippen molar-refractivity contribution in [2.24, 2.45) is 5.73 Å². The summed E-state index contributed by atoms with van der Waals surface area (Å²) in [6, 6.07) is 6.54. The Morgan fingerprint density at radius 2 is 1.86 bits per heavy atom. The maximum Gasteiger partial charge on any atom is 0.0640 e. The van der Waals surface area contributed by atoms with Crippen LogP contribution in [-0.4, -0.2) is 48.6 Å². The first-order chi connectivity index (χ1) is 10.1. The Morgan fingerprint density at radius 3 is 2.52 bits per heavy atom. The minimum Gasteiger partial charge on any atom is -0.324 e. The number of halogens is 2. The molecule has 1 unspecified atom stereocenters. The highest BCUT2D eigenvalue weighted by molar-refractivity contribution is 6.42. The molecule has 1 heterocycles. The van der Waals surface area contributed by atoms with Crippen molar-refractivity contribution in [2.75, 3.05) is 32.7 Å². The normalized spacial score (nSPS) is 22.4. The van der Waals surface area contributed by atoms with E-state index in [9.17, 15) is 0 Å². The van der Waals surface area contributed by atoms with Gasteiger partial charge in [-0.2, -0.15) is 0 Å². The molecule has 1 saturated carbocycles. The Morgan fingerprint density at radius 1 is 1.14 bits per heavy atom. The molecule has 0 amide bonds. The third kappa shape index (κ3) is 3.91. The fraction of sp³-hybridized carbons (Fsp3) is 0.625. The molecule has 0 aromatic heterocycles. The van der Waals surface area contributed by atoms with Gasteiger partial charge >= 0.3 is 0 Å². The first kappa shape index (κ1) is 15.6. The highest BCUT2D eigenvalue weighted by Gasteiger charge is 2.31. The number of nitrogens with two attached hydrogens (primary N) is 1. The number of nitrogens with zero attached hydrogens (tertiary/aromatic N) is 2. The standard InChI is InChI=1S/C16H23Cl2N3/c17-14-3-1-2-13(16(14)18)15(19)6-7-20-8-10-21(11-9-20)12-4-5-12/h1-3,12,15H,4-11,19H2. The Kier molecular flexibility index (Phi) is 5.07. The van der Waals surface area contributed by atoms with Crippen molar-refractivity contribution < 1.29 is 0 Å². The van der Waals surface area contributed by atoms with Crippen LogP contribution in [0.1, 0.15) is 30.9 Å². The molecule has 3 rings (SSSR count). The van der Waals surface area contributed by atoms with E-state index < -0.39 is 0 Å². The molecule has 0 spiro atoms. The molecule has 1 aromatic rings. The van der Waals surface area contributed by atoms with Gasteiger partial charge in [-0.3, -0.25) is 4.90 Å². The molecular weight excluding hydrogens is 305 g/mol. The minimum absolute atomic E-state index is 0.0438. The maximum atomic E-state index is 6.29. The van der Waals surface area contributed by atoms with Crippen LogP contribution in [0.2, 0.25) is 10.0 Å². The van der Waals surface area contributed by atoms with Crippen molar-refractivity contribution in [1.29, 1.82) is 0 Å². The Labute approximate surface area is 137 Å². The van der Waals surface area contributed by atoms with Crippen LogP contribution in [0, 0.1) is 0 Å². The van der Waals surface area contributed by atoms with Crippen molar-refractivity contribution in [2.45, 2.75) is 31.3 Å². The molecule has 1 aliphatic carbocycles. The first-order valence-electron chi connectivity index (χ1n) is 7.81. The summed E-state index contributed by atoms with van der Waals surface area (Å²) in [5.74, 6) is 0. The van der Waals surface area contributed by atoms with Crippen LogP contribution in [0.15, 0.2) is 18.2 Å². The van der Waals surface area contributed by atoms with Crippen LogP contribution in [0.3, 0.4) is 0 Å². The molecule has 3 nitrogen and oxygen atoms in total. The van der Waals surface area contributed by atoms with E-state index in [2.05, 4.69) is 9.80 Å². The van der Waals surface area contributed by atoms with Crippen LogP contribution < -0.4 is 5.73 Å². The minimum atomic E-state index is -0.0438. The van der Waals surface area contributed by atoms with Crippen LogP contribution in [-0.2, 0) is 0 Å². The van der Waals surface area contributed by atoms with Gasteiger partial charge in [0.2, 0.25) is 0 Å². The zero-order valence-electron chi connectivity index (χ0n) is 12.3. The van der Waals surface area contributed by atoms with Crippen molar-refractivity contribution >= 4 is 23.2 Å². The topological polar surface area (TPSA) is 32.5 Å². The lowest BCUT2D eigenvalue weighted by molar-refractivity contribution is 0.124. The predicted molar refractivity (Wildman–Crippen MR) is 89.0 cm³/mol. The fourth-order valence-corrected chi connectivity index (χ4v) is 3.52. The highest BCUT2D eigenvalue weighted by Crippen LogP contribution is 2.31. The average Bonchev–Trinajstić information content (AvgIpc) is 3.33. The Hall–Kier alpha value is -0.320. The summed E-state index contributed by atoms with van der Waals surface area (Å²) in [6.07, 6.45) is 3.72. The molecule has 1 aromatic carbocycles. The summed E-state index contributed by atoms with van der Waals surface area (Å²) in [4.78, 5) is 5.14. The second-order valence-electron chi connectivity index (χ2n) is 6.15. The number of piperazine rings is 1. The Balaban J connectivity index is 1.47. The van der Waals surface area contributed by atoms with E-state index in [0.29, 0.717) is 10.0 Å². The maximum absolute atomic E-state index is 6.29. The molecule has 0 radical (unpaired) electrons. The van der Waals surface area contributed by atoms with E-state index in [1.54, 1.807) is 6.07 Å². The molecule has 2 N–H and O–H groups in total. The van der Waals surface area contributed by atoms with Crippen LogP contribution in [0.25, 0.3) is 0 Å². The van der Waals surface area contributed by atoms with Crippen molar-refractivity contribution in [1.82, 2.24) is 9.80 Å². The number of hydrogen-bond donors (Lipinski definition) is 1. The lowest BCUT2D eigenvalue weighted by Gasteiger charge is -2.35. The second-order valence-corrected chi connectivity index (χ2v) is 6.93. The van der Waals surface area contributed by atoms with Crippen LogP contribution in [0.4, 0.5) is 0 Å². The van der Waals surface area contributed by atoms with E-state index in [4.69, 9.17) is 28.9 Å². The number of hydrogen-bond acceptors (Lipinski definition) is 3. The Bertz CT molecular complexity index is 482. The summed E-state index contributed by atoms with van der Waals surface area (Å²) < 4.78 is 0. The van der Waals surface area contributed by atoms with E-state index in [1.807, 2.05) is 12.1 Å². The van der Waals surface area contributed by atoms with Gasteiger partial charge in [-0.15, -0.1) is 0 Å². The zero-order chi connectivity index (χ0) is 14.8. The molecule has 1 atom stereocenters. The first-order valence-corrected chi connectivity index (χ1v) is 8.56. The monoisotopic (exact) mass is 327 g/mol. The van der Waals surface area contributed by atoms with Gasteiger partial charge in [0.25, 0.3) is 0 Å². The SMILES string of the molecule is NC(CCN1CCN(C2CC2)CC1)c1cccc(Cl)c1Cl. The predicted octanol–water partition coefficient (Wildman–Crippen LogP) is 3.16. The summed E-state index contributed by atoms with van der Waals surface area (Å²) >= 11 is 12.3. The molecule has 1 saturated heterocycles. The molecule has 21 heavy (non-hydrogen) atoms. The van der Waals surface area contributed by atoms with E-state index >= 15 is 0 Å². The van der Waals surface area contributed by atoms with Gasteiger partial charge in [0, 0.05) is 44.8 Å². The molecule has 1 aliphatic heterocycles. The molecule has 0 bridgehead atoms. The third-order valence-electron chi connectivity index (χ3n) is 4.61. The van der Waals surface area contributed by atoms with E-state index in [-0.39, 0.29) is 6.04 Å². The van der Waals surface area contributed by atoms with Crippen molar-refractivity contribution in [3.8, 4) is 0 Å². The van der Waals surface area contributed by atoms with E-state index in [0.717, 1.165) is 37.7 Å². The molecule has 2 aliphatic rings. The van der Waals surface area contributed by atoms with Crippen LogP contribution in [0.5, 0.6) is 0 Å². The molecule has 116 valence electrons. The summed E-state index contributed by atoms with van der Waals surface area (Å²) in [5, 5.41) is 1.19. The largest absolute Gasteiger partial charge is 0.324 e. The molecular formula is C16H23Cl2N3. The summed E-state index contributed by atoms with van der Waals surface area (Å²) in [6.45, 7) is 5.76. The van der Waals surface area contributed by atoms with Crippen LogP contribution >= 0.6 is 23.2 Å². The van der Waals surface area contributed by atoms with Gasteiger partial charge in [-0.1, -0.05) is 35.3 Å². The van der Waals surface area contributed by atoms with Gasteiger partial charge < -0.3 is 10.6 Å². The fourth-order valence-electron chi connectivity index (χ4n) is 3.08. The van der Waals surface area contributed by atoms with Crippen molar-refractivity contribution in [3.05, 3.63) is 33.8 Å². The zero-order valence-corrected chi connectivity index (χ0v) is 13.8. The number of rotatable bonds is 5. The van der Waals surface area contributed by atoms with Gasteiger partial charge in [-0.05, 0) is 30.9 Å². The lowest BCUT2D eigenvalue weighted by atomic mass is 10.0. The number of benzene rings is 1. The van der Waals surface area contributed by atoms with Gasteiger partial charge in [0.15, 0.2) is 0 Å². The van der Waals surface area contributed by atoms with Gasteiger partial charge in [0.1, 0.15) is 0 Å². The third-order valence-corrected chi connectivity index (χ3v) is 5.44. The second kappa shape index (κ2) is 6.84. The summed E-state index contributed by atoms with van der Waals surface area (Å²) in [5.41, 5.74) is 7.25. The quantitative estimate of drug-likeness (QED) is 0.901. The highest BCUT2D eigenvalue weighted by atomic mass is 35.5. The smallest absolute Gasteiger partial charge is 0.0640 e. The van der Waals surface area contributed by atoms with Crippen molar-refractivity contribution in [3.63, 3.8) is 0 Å². The summed E-state index contributed by atoms with van der Waals surface area (Å²) in [7, 11) is 0. The lowest BCUT2D eigenvalue weighted by Crippen LogP contribution is -2.47. The van der Waals surface area contributed by atoms with Gasteiger partial charge in [0.05, 0.1) is 10.0 Å². The molecule has 2 fully saturated rings.